The van der Waals surface area contributed by atoms with Crippen LogP contribution in [0.5, 0.6) is 0 Å². The summed E-state index contributed by atoms with van der Waals surface area (Å²) >= 11 is 8.03. The summed E-state index contributed by atoms with van der Waals surface area (Å²) in [5.41, 5.74) is 3.44. The predicted molar refractivity (Wildman–Crippen MR) is 86.3 cm³/mol. The molecule has 108 valence electrons. The fourth-order valence-electron chi connectivity index (χ4n) is 1.97. The molecule has 0 radical (unpaired) electrons. The lowest BCUT2D eigenvalue weighted by molar-refractivity contribution is 0.726. The van der Waals surface area contributed by atoms with E-state index in [-0.39, 0.29) is 0 Å². The summed E-state index contributed by atoms with van der Waals surface area (Å²) in [7, 11) is 1.87. The third-order valence-electron chi connectivity index (χ3n) is 3.16. The lowest BCUT2D eigenvalue weighted by Gasteiger charge is -2.05. The third kappa shape index (κ3) is 3.78. The predicted octanol–water partition coefficient (Wildman–Crippen LogP) is 3.78. The minimum absolute atomic E-state index is 0.735. The van der Waals surface area contributed by atoms with Gasteiger partial charge in [-0.3, -0.25) is 4.68 Å². The van der Waals surface area contributed by atoms with Gasteiger partial charge in [-0.25, -0.2) is 0 Å². The van der Waals surface area contributed by atoms with Crippen LogP contribution in [0, 0.1) is 6.92 Å². The van der Waals surface area contributed by atoms with Crippen molar-refractivity contribution in [2.45, 2.75) is 31.0 Å². The van der Waals surface area contributed by atoms with Crippen molar-refractivity contribution >= 4 is 23.4 Å². The van der Waals surface area contributed by atoms with Gasteiger partial charge in [-0.05, 0) is 31.2 Å². The molecule has 0 fully saturated rings. The molecule has 3 nitrogen and oxygen atoms in total. The molecule has 0 aliphatic heterocycles. The van der Waals surface area contributed by atoms with E-state index in [2.05, 4.69) is 41.6 Å². The van der Waals surface area contributed by atoms with Crippen LogP contribution >= 0.6 is 23.4 Å². The molecular formula is C15H20ClN3S. The van der Waals surface area contributed by atoms with Crippen molar-refractivity contribution in [1.29, 1.82) is 0 Å². The van der Waals surface area contributed by atoms with Crippen molar-refractivity contribution in [3.63, 3.8) is 0 Å². The van der Waals surface area contributed by atoms with Crippen LogP contribution in [0.2, 0.25) is 5.15 Å². The third-order valence-corrected chi connectivity index (χ3v) is 4.67. The second kappa shape index (κ2) is 7.16. The number of nitrogens with one attached hydrogen (secondary N) is 1. The zero-order valence-electron chi connectivity index (χ0n) is 12.1. The van der Waals surface area contributed by atoms with Gasteiger partial charge in [0.2, 0.25) is 0 Å². The van der Waals surface area contributed by atoms with Gasteiger partial charge in [0.1, 0.15) is 5.15 Å². The van der Waals surface area contributed by atoms with Gasteiger partial charge in [-0.2, -0.15) is 5.10 Å². The molecule has 0 saturated carbocycles. The number of benzene rings is 1. The second-order valence-electron chi connectivity index (χ2n) is 4.69. The van der Waals surface area contributed by atoms with Gasteiger partial charge in [0, 0.05) is 29.8 Å². The first-order valence-corrected chi connectivity index (χ1v) is 8.08. The van der Waals surface area contributed by atoms with Crippen LogP contribution in [-0.4, -0.2) is 16.3 Å². The molecule has 0 spiro atoms. The van der Waals surface area contributed by atoms with Crippen LogP contribution in [0.3, 0.4) is 0 Å². The van der Waals surface area contributed by atoms with Crippen LogP contribution in [0.15, 0.2) is 29.2 Å². The molecule has 1 aromatic carbocycles. The fraction of sp³-hybridized carbons (Fsp3) is 0.400. The average molecular weight is 310 g/mol. The lowest BCUT2D eigenvalue weighted by atomic mass is 10.2. The summed E-state index contributed by atoms with van der Waals surface area (Å²) in [5, 5.41) is 8.39. The van der Waals surface area contributed by atoms with Crippen molar-refractivity contribution in [3.8, 4) is 0 Å². The van der Waals surface area contributed by atoms with Crippen LogP contribution in [0.25, 0.3) is 0 Å². The topological polar surface area (TPSA) is 29.9 Å². The maximum absolute atomic E-state index is 6.24. The van der Waals surface area contributed by atoms with Crippen molar-refractivity contribution in [3.05, 3.63) is 46.2 Å². The van der Waals surface area contributed by atoms with Gasteiger partial charge in [0.25, 0.3) is 0 Å². The highest BCUT2D eigenvalue weighted by atomic mass is 35.5. The monoisotopic (exact) mass is 309 g/mol. The van der Waals surface area contributed by atoms with Gasteiger partial charge >= 0.3 is 0 Å². The number of halogens is 1. The van der Waals surface area contributed by atoms with Crippen molar-refractivity contribution in [2.75, 3.05) is 6.54 Å². The van der Waals surface area contributed by atoms with Gasteiger partial charge in [0.15, 0.2) is 0 Å². The summed E-state index contributed by atoms with van der Waals surface area (Å²) in [6.07, 6.45) is 0. The number of aryl methyl sites for hydroxylation is 2. The molecule has 5 heteroatoms. The smallest absolute Gasteiger partial charge is 0.131 e. The summed E-state index contributed by atoms with van der Waals surface area (Å²) in [6, 6.07) is 8.67. The maximum Gasteiger partial charge on any atom is 0.131 e. The Kier molecular flexibility index (Phi) is 5.52. The molecular weight excluding hydrogens is 290 g/mol. The highest BCUT2D eigenvalue weighted by Crippen LogP contribution is 2.28. The van der Waals surface area contributed by atoms with Crippen LogP contribution in [0.1, 0.15) is 23.7 Å². The molecule has 0 saturated heterocycles. The quantitative estimate of drug-likeness (QED) is 0.824. The number of thioether (sulfide) groups is 1. The molecule has 0 atom stereocenters. The molecule has 1 N–H and O–H groups in total. The maximum atomic E-state index is 6.24. The van der Waals surface area contributed by atoms with E-state index in [1.807, 2.05) is 14.0 Å². The summed E-state index contributed by atoms with van der Waals surface area (Å²) < 4.78 is 1.73. The van der Waals surface area contributed by atoms with E-state index in [4.69, 9.17) is 11.6 Å². The van der Waals surface area contributed by atoms with E-state index >= 15 is 0 Å². The normalized spacial score (nSPS) is 11.0. The van der Waals surface area contributed by atoms with Crippen LogP contribution in [0.4, 0.5) is 0 Å². The Morgan fingerprint density at radius 2 is 2.00 bits per heavy atom. The molecule has 0 amide bonds. The van der Waals surface area contributed by atoms with Crippen molar-refractivity contribution in [1.82, 2.24) is 15.1 Å². The standard InChI is InChI=1S/C15H20ClN3S/c1-4-17-9-12-5-7-13(8-6-12)20-10-14-11(2)18-19(3)15(14)16/h5-8,17H,4,9-10H2,1-3H3. The lowest BCUT2D eigenvalue weighted by Crippen LogP contribution is -2.11. The highest BCUT2D eigenvalue weighted by molar-refractivity contribution is 7.98. The van der Waals surface area contributed by atoms with E-state index in [0.717, 1.165) is 35.3 Å². The summed E-state index contributed by atoms with van der Waals surface area (Å²) in [5.74, 6) is 0.852. The first-order chi connectivity index (χ1) is 9.61. The molecule has 1 heterocycles. The number of nitrogens with zero attached hydrogens (tertiary/aromatic N) is 2. The Balaban J connectivity index is 1.97. The molecule has 0 unspecified atom stereocenters. The Labute approximate surface area is 129 Å². The molecule has 0 aliphatic carbocycles. The Hall–Kier alpha value is -0.970. The first-order valence-electron chi connectivity index (χ1n) is 6.72. The van der Waals surface area contributed by atoms with E-state index in [1.165, 1.54) is 10.5 Å². The van der Waals surface area contributed by atoms with Gasteiger partial charge < -0.3 is 5.32 Å². The SMILES string of the molecule is CCNCc1ccc(SCc2c(C)nn(C)c2Cl)cc1. The summed E-state index contributed by atoms with van der Waals surface area (Å²) in [4.78, 5) is 1.25. The minimum Gasteiger partial charge on any atom is -0.313 e. The number of hydrogen-bond donors (Lipinski definition) is 1. The second-order valence-corrected chi connectivity index (χ2v) is 6.10. The average Bonchev–Trinajstić information content (AvgIpc) is 2.69. The minimum atomic E-state index is 0.735. The number of hydrogen-bond acceptors (Lipinski definition) is 3. The van der Waals surface area contributed by atoms with Gasteiger partial charge in [0.05, 0.1) is 5.69 Å². The van der Waals surface area contributed by atoms with Gasteiger partial charge in [-0.1, -0.05) is 30.7 Å². The van der Waals surface area contributed by atoms with E-state index < -0.39 is 0 Å². The molecule has 0 aliphatic rings. The highest BCUT2D eigenvalue weighted by Gasteiger charge is 2.11. The molecule has 20 heavy (non-hydrogen) atoms. The number of aromatic nitrogens is 2. The van der Waals surface area contributed by atoms with E-state index in [9.17, 15) is 0 Å². The summed E-state index contributed by atoms with van der Waals surface area (Å²) in [6.45, 7) is 6.04. The van der Waals surface area contributed by atoms with Crippen LogP contribution < -0.4 is 5.32 Å². The largest absolute Gasteiger partial charge is 0.313 e. The Bertz CT molecular complexity index is 563. The van der Waals surface area contributed by atoms with Gasteiger partial charge in [-0.15, -0.1) is 11.8 Å². The molecule has 1 aromatic heterocycles. The Morgan fingerprint density at radius 1 is 1.30 bits per heavy atom. The molecule has 2 rings (SSSR count). The molecule has 0 bridgehead atoms. The zero-order valence-corrected chi connectivity index (χ0v) is 13.7. The van der Waals surface area contributed by atoms with E-state index in [0.29, 0.717) is 0 Å². The van der Waals surface area contributed by atoms with Crippen molar-refractivity contribution in [2.24, 2.45) is 7.05 Å². The van der Waals surface area contributed by atoms with Crippen molar-refractivity contribution < 1.29 is 0 Å². The Morgan fingerprint density at radius 3 is 2.55 bits per heavy atom. The molecule has 2 aromatic rings. The zero-order chi connectivity index (χ0) is 14.5. The first kappa shape index (κ1) is 15.4. The fourth-order valence-corrected chi connectivity index (χ4v) is 3.27. The van der Waals surface area contributed by atoms with E-state index in [1.54, 1.807) is 16.4 Å². The number of rotatable bonds is 6. The van der Waals surface area contributed by atoms with Crippen LogP contribution in [-0.2, 0) is 19.3 Å².